The van der Waals surface area contributed by atoms with Crippen LogP contribution in [0.4, 0.5) is 0 Å². The molecule has 0 aromatic carbocycles. The number of carbonyl (C=O) groups is 2. The number of piperazine rings is 1. The molecule has 1 aromatic heterocycles. The van der Waals surface area contributed by atoms with Crippen molar-refractivity contribution in [1.82, 2.24) is 19.9 Å². The maximum absolute atomic E-state index is 12.7. The molecule has 7 nitrogen and oxygen atoms in total. The minimum Gasteiger partial charge on any atom is -0.337 e. The van der Waals surface area contributed by atoms with Crippen molar-refractivity contribution in [2.75, 3.05) is 6.54 Å². The Morgan fingerprint density at radius 2 is 2.10 bits per heavy atom. The van der Waals surface area contributed by atoms with Gasteiger partial charge in [0, 0.05) is 6.54 Å². The zero-order valence-electron chi connectivity index (χ0n) is 12.4. The van der Waals surface area contributed by atoms with Crippen LogP contribution in [0.3, 0.4) is 0 Å². The molecule has 114 valence electrons. The summed E-state index contributed by atoms with van der Waals surface area (Å²) < 4.78 is 5.10. The summed E-state index contributed by atoms with van der Waals surface area (Å²) in [6, 6.07) is -0.725. The first kappa shape index (κ1) is 14.0. The van der Waals surface area contributed by atoms with Crippen molar-refractivity contribution in [3.05, 3.63) is 11.7 Å². The van der Waals surface area contributed by atoms with Crippen LogP contribution in [0.1, 0.15) is 44.3 Å². The first-order valence-corrected chi connectivity index (χ1v) is 7.52. The van der Waals surface area contributed by atoms with Crippen molar-refractivity contribution in [3.8, 4) is 0 Å². The fourth-order valence-corrected chi connectivity index (χ4v) is 3.25. The molecule has 7 heteroatoms. The molecule has 2 amide bonds. The standard InChI is InChI=1S/C14H20N4O3/c1-3-10-13(19)17-7-5-4-6-11(17)14(20)18(10)8-12-15-9(2)16-21-12/h10-11H,3-8H2,1-2H3. The number of hydrogen-bond donors (Lipinski definition) is 0. The monoisotopic (exact) mass is 292 g/mol. The summed E-state index contributed by atoms with van der Waals surface area (Å²) in [4.78, 5) is 32.8. The molecule has 0 radical (unpaired) electrons. The maximum Gasteiger partial charge on any atom is 0.246 e. The number of aryl methyl sites for hydroxylation is 1. The lowest BCUT2D eigenvalue weighted by molar-refractivity contribution is -0.165. The predicted molar refractivity (Wildman–Crippen MR) is 73.0 cm³/mol. The van der Waals surface area contributed by atoms with Crippen molar-refractivity contribution >= 4 is 11.8 Å². The second kappa shape index (κ2) is 5.46. The van der Waals surface area contributed by atoms with Gasteiger partial charge in [-0.2, -0.15) is 4.98 Å². The van der Waals surface area contributed by atoms with Crippen molar-refractivity contribution < 1.29 is 14.1 Å². The molecule has 2 fully saturated rings. The third-order valence-corrected chi connectivity index (χ3v) is 4.28. The van der Waals surface area contributed by atoms with Gasteiger partial charge in [-0.1, -0.05) is 12.1 Å². The second-order valence-corrected chi connectivity index (χ2v) is 5.67. The molecule has 3 heterocycles. The molecule has 2 aliphatic heterocycles. The number of rotatable bonds is 3. The highest BCUT2D eigenvalue weighted by Crippen LogP contribution is 2.28. The number of hydrogen-bond acceptors (Lipinski definition) is 5. The SMILES string of the molecule is CCC1C(=O)N2CCCCC2C(=O)N1Cc1nc(C)no1. The largest absolute Gasteiger partial charge is 0.337 e. The van der Waals surface area contributed by atoms with E-state index in [1.165, 1.54) is 0 Å². The highest BCUT2D eigenvalue weighted by Gasteiger charge is 2.46. The fraction of sp³-hybridized carbons (Fsp3) is 0.714. The first-order valence-electron chi connectivity index (χ1n) is 7.52. The zero-order chi connectivity index (χ0) is 15.0. The average Bonchev–Trinajstić information content (AvgIpc) is 2.90. The molecule has 3 rings (SSSR count). The van der Waals surface area contributed by atoms with E-state index in [0.717, 1.165) is 19.3 Å². The summed E-state index contributed by atoms with van der Waals surface area (Å²) in [6.07, 6.45) is 3.32. The van der Waals surface area contributed by atoms with E-state index in [1.54, 1.807) is 16.7 Å². The van der Waals surface area contributed by atoms with Gasteiger partial charge in [0.05, 0.1) is 0 Å². The van der Waals surface area contributed by atoms with Crippen LogP contribution in [0, 0.1) is 6.92 Å². The normalized spacial score (nSPS) is 26.2. The fourth-order valence-electron chi connectivity index (χ4n) is 3.25. The van der Waals surface area contributed by atoms with Gasteiger partial charge in [0.15, 0.2) is 5.82 Å². The van der Waals surface area contributed by atoms with Crippen LogP contribution in [0.5, 0.6) is 0 Å². The van der Waals surface area contributed by atoms with Crippen molar-refractivity contribution in [1.29, 1.82) is 0 Å². The Morgan fingerprint density at radius 1 is 1.29 bits per heavy atom. The van der Waals surface area contributed by atoms with Gasteiger partial charge in [-0.15, -0.1) is 0 Å². The third kappa shape index (κ3) is 2.41. The number of fused-ring (bicyclic) bond motifs is 1. The molecule has 2 saturated heterocycles. The number of piperidine rings is 1. The molecule has 0 bridgehead atoms. The Labute approximate surface area is 123 Å². The number of aromatic nitrogens is 2. The quantitative estimate of drug-likeness (QED) is 0.826. The lowest BCUT2D eigenvalue weighted by atomic mass is 9.94. The smallest absolute Gasteiger partial charge is 0.246 e. The Balaban J connectivity index is 1.86. The van der Waals surface area contributed by atoms with Crippen LogP contribution < -0.4 is 0 Å². The minimum absolute atomic E-state index is 0.0111. The summed E-state index contributed by atoms with van der Waals surface area (Å²) in [6.45, 7) is 4.57. The topological polar surface area (TPSA) is 79.5 Å². The lowest BCUT2D eigenvalue weighted by Crippen LogP contribution is -2.65. The van der Waals surface area contributed by atoms with E-state index in [-0.39, 0.29) is 24.4 Å². The number of carbonyl (C=O) groups excluding carboxylic acids is 2. The van der Waals surface area contributed by atoms with Crippen LogP contribution in [0.25, 0.3) is 0 Å². The Morgan fingerprint density at radius 3 is 2.76 bits per heavy atom. The molecule has 21 heavy (non-hydrogen) atoms. The average molecular weight is 292 g/mol. The molecule has 1 aromatic rings. The van der Waals surface area contributed by atoms with Gasteiger partial charge < -0.3 is 14.3 Å². The summed E-state index contributed by atoms with van der Waals surface area (Å²) in [5.74, 6) is 0.986. The molecule has 2 unspecified atom stereocenters. The van der Waals surface area contributed by atoms with E-state index in [1.807, 2.05) is 6.92 Å². The predicted octanol–water partition coefficient (Wildman–Crippen LogP) is 0.880. The molecule has 0 spiro atoms. The van der Waals surface area contributed by atoms with Gasteiger partial charge in [-0.3, -0.25) is 9.59 Å². The van der Waals surface area contributed by atoms with Gasteiger partial charge in [0.25, 0.3) is 0 Å². The van der Waals surface area contributed by atoms with Crippen LogP contribution in [0.2, 0.25) is 0 Å². The molecule has 0 aliphatic carbocycles. The Kier molecular flexibility index (Phi) is 3.65. The maximum atomic E-state index is 12.7. The van der Waals surface area contributed by atoms with Gasteiger partial charge >= 0.3 is 0 Å². The molecule has 2 atom stereocenters. The van der Waals surface area contributed by atoms with Gasteiger partial charge in [-0.05, 0) is 32.6 Å². The van der Waals surface area contributed by atoms with Crippen LogP contribution in [-0.2, 0) is 16.1 Å². The third-order valence-electron chi connectivity index (χ3n) is 4.28. The summed E-state index contributed by atoms with van der Waals surface area (Å²) in [5, 5.41) is 3.74. The Bertz CT molecular complexity index is 556. The highest BCUT2D eigenvalue weighted by atomic mass is 16.5. The number of nitrogens with zero attached hydrogens (tertiary/aromatic N) is 4. The van der Waals surface area contributed by atoms with Crippen LogP contribution in [0.15, 0.2) is 4.52 Å². The highest BCUT2D eigenvalue weighted by molar-refractivity contribution is 5.97. The molecule has 0 saturated carbocycles. The van der Waals surface area contributed by atoms with E-state index in [9.17, 15) is 9.59 Å². The Hall–Kier alpha value is -1.92. The van der Waals surface area contributed by atoms with E-state index >= 15 is 0 Å². The van der Waals surface area contributed by atoms with E-state index in [0.29, 0.717) is 24.7 Å². The minimum atomic E-state index is -0.418. The van der Waals surface area contributed by atoms with Crippen molar-refractivity contribution in [2.45, 2.75) is 58.2 Å². The number of amides is 2. The van der Waals surface area contributed by atoms with E-state index < -0.39 is 6.04 Å². The van der Waals surface area contributed by atoms with Crippen molar-refractivity contribution in [2.24, 2.45) is 0 Å². The lowest BCUT2D eigenvalue weighted by Gasteiger charge is -2.46. The zero-order valence-corrected chi connectivity index (χ0v) is 12.4. The van der Waals surface area contributed by atoms with Gasteiger partial charge in [-0.25, -0.2) is 0 Å². The van der Waals surface area contributed by atoms with E-state index in [4.69, 9.17) is 4.52 Å². The van der Waals surface area contributed by atoms with Crippen LogP contribution >= 0.6 is 0 Å². The molecule has 2 aliphatic rings. The molecule has 0 N–H and O–H groups in total. The molecular formula is C14H20N4O3. The van der Waals surface area contributed by atoms with Crippen molar-refractivity contribution in [3.63, 3.8) is 0 Å². The summed E-state index contributed by atoms with van der Waals surface area (Å²) >= 11 is 0. The first-order chi connectivity index (χ1) is 10.1. The van der Waals surface area contributed by atoms with Crippen LogP contribution in [-0.4, -0.2) is 50.4 Å². The van der Waals surface area contributed by atoms with Gasteiger partial charge in [0.2, 0.25) is 17.7 Å². The van der Waals surface area contributed by atoms with Gasteiger partial charge in [0.1, 0.15) is 18.6 Å². The second-order valence-electron chi connectivity index (χ2n) is 5.67. The summed E-state index contributed by atoms with van der Waals surface area (Å²) in [5.41, 5.74) is 0. The van der Waals surface area contributed by atoms with E-state index in [2.05, 4.69) is 10.1 Å². The molecular weight excluding hydrogens is 272 g/mol. The summed E-state index contributed by atoms with van der Waals surface area (Å²) in [7, 11) is 0.